The highest BCUT2D eigenvalue weighted by atomic mass is 32.2. The van der Waals surface area contributed by atoms with Gasteiger partial charge in [-0.15, -0.1) is 22.7 Å². The van der Waals surface area contributed by atoms with Gasteiger partial charge in [0.1, 0.15) is 11.6 Å². The van der Waals surface area contributed by atoms with Crippen molar-refractivity contribution in [1.29, 1.82) is 0 Å². The quantitative estimate of drug-likeness (QED) is 0.627. The highest BCUT2D eigenvalue weighted by molar-refractivity contribution is 7.89. The molecular weight excluding hydrogens is 372 g/mol. The summed E-state index contributed by atoms with van der Waals surface area (Å²) >= 11 is 2.79. The SMILES string of the molecule is O=S(=O)(c1c(F)cccc1F)N(Cc1cccs1)Cc1cccs1. The van der Waals surface area contributed by atoms with Crippen LogP contribution in [0.3, 0.4) is 0 Å². The summed E-state index contributed by atoms with van der Waals surface area (Å²) in [6.07, 6.45) is 0. The molecule has 0 atom stereocenters. The Morgan fingerprint density at radius 3 is 1.75 bits per heavy atom. The van der Waals surface area contributed by atoms with Crippen LogP contribution in [-0.4, -0.2) is 12.7 Å². The summed E-state index contributed by atoms with van der Waals surface area (Å²) in [5.74, 6) is -2.17. The molecule has 0 saturated carbocycles. The fourth-order valence-electron chi connectivity index (χ4n) is 2.24. The number of nitrogens with zero attached hydrogens (tertiary/aromatic N) is 1. The maximum absolute atomic E-state index is 14.0. The summed E-state index contributed by atoms with van der Waals surface area (Å²) in [7, 11) is -4.32. The van der Waals surface area contributed by atoms with Gasteiger partial charge in [0.2, 0.25) is 10.0 Å². The fraction of sp³-hybridized carbons (Fsp3) is 0.125. The average molecular weight is 385 g/mol. The van der Waals surface area contributed by atoms with Crippen LogP contribution >= 0.6 is 22.7 Å². The van der Waals surface area contributed by atoms with Crippen molar-refractivity contribution in [3.63, 3.8) is 0 Å². The van der Waals surface area contributed by atoms with Gasteiger partial charge in [0, 0.05) is 22.8 Å². The van der Waals surface area contributed by atoms with Gasteiger partial charge in [0.15, 0.2) is 4.90 Å². The largest absolute Gasteiger partial charge is 0.249 e. The van der Waals surface area contributed by atoms with Crippen LogP contribution < -0.4 is 0 Å². The van der Waals surface area contributed by atoms with E-state index in [0.29, 0.717) is 0 Å². The molecule has 0 radical (unpaired) electrons. The third-order valence-corrected chi connectivity index (χ3v) is 6.91. The van der Waals surface area contributed by atoms with Gasteiger partial charge in [0.05, 0.1) is 0 Å². The van der Waals surface area contributed by atoms with E-state index in [1.54, 1.807) is 24.3 Å². The molecule has 0 saturated heterocycles. The minimum Gasteiger partial charge on any atom is -0.207 e. The first kappa shape index (κ1) is 17.2. The van der Waals surface area contributed by atoms with Crippen LogP contribution in [0, 0.1) is 11.6 Å². The molecule has 3 rings (SSSR count). The standard InChI is InChI=1S/C16H13F2NO2S3/c17-14-6-1-7-15(18)16(14)24(20,21)19(10-12-4-2-8-22-12)11-13-5-3-9-23-13/h1-9H,10-11H2. The second kappa shape index (κ2) is 7.10. The Labute approximate surface area is 146 Å². The molecule has 0 bridgehead atoms. The van der Waals surface area contributed by atoms with Crippen LogP contribution in [0.4, 0.5) is 8.78 Å². The highest BCUT2D eigenvalue weighted by Crippen LogP contribution is 2.27. The van der Waals surface area contributed by atoms with Crippen molar-refractivity contribution in [2.75, 3.05) is 0 Å². The highest BCUT2D eigenvalue weighted by Gasteiger charge is 2.31. The van der Waals surface area contributed by atoms with E-state index in [-0.39, 0.29) is 13.1 Å². The maximum atomic E-state index is 14.0. The smallest absolute Gasteiger partial charge is 0.207 e. The van der Waals surface area contributed by atoms with Gasteiger partial charge in [-0.25, -0.2) is 17.2 Å². The Morgan fingerprint density at radius 1 is 0.833 bits per heavy atom. The molecular formula is C16H13F2NO2S3. The summed E-state index contributed by atoms with van der Waals surface area (Å²) in [6, 6.07) is 10.2. The van der Waals surface area contributed by atoms with Gasteiger partial charge >= 0.3 is 0 Å². The predicted octanol–water partition coefficient (Wildman–Crippen LogP) is 4.48. The van der Waals surface area contributed by atoms with E-state index in [4.69, 9.17) is 0 Å². The normalized spacial score (nSPS) is 12.0. The van der Waals surface area contributed by atoms with Crippen molar-refractivity contribution in [2.45, 2.75) is 18.0 Å². The first-order valence-electron chi connectivity index (χ1n) is 6.97. The van der Waals surface area contributed by atoms with Crippen LogP contribution in [0.15, 0.2) is 58.1 Å². The van der Waals surface area contributed by atoms with Gasteiger partial charge in [-0.2, -0.15) is 4.31 Å². The molecule has 2 heterocycles. The molecule has 3 aromatic rings. The van der Waals surface area contributed by atoms with E-state index in [0.717, 1.165) is 32.3 Å². The lowest BCUT2D eigenvalue weighted by molar-refractivity contribution is 0.397. The Kier molecular flexibility index (Phi) is 5.09. The van der Waals surface area contributed by atoms with E-state index in [1.165, 1.54) is 22.7 Å². The van der Waals surface area contributed by atoms with Crippen LogP contribution in [0.2, 0.25) is 0 Å². The number of rotatable bonds is 6. The van der Waals surface area contributed by atoms with Gasteiger partial charge in [-0.1, -0.05) is 18.2 Å². The van der Waals surface area contributed by atoms with E-state index >= 15 is 0 Å². The minimum atomic E-state index is -4.32. The first-order chi connectivity index (χ1) is 11.5. The molecule has 24 heavy (non-hydrogen) atoms. The second-order valence-corrected chi connectivity index (χ2v) is 8.92. The molecule has 8 heteroatoms. The van der Waals surface area contributed by atoms with E-state index < -0.39 is 26.6 Å². The number of hydrogen-bond donors (Lipinski definition) is 0. The van der Waals surface area contributed by atoms with E-state index in [1.807, 2.05) is 10.8 Å². The molecule has 0 fully saturated rings. The zero-order valence-electron chi connectivity index (χ0n) is 12.4. The van der Waals surface area contributed by atoms with Crippen molar-refractivity contribution in [2.24, 2.45) is 0 Å². The lowest BCUT2D eigenvalue weighted by Gasteiger charge is -2.21. The number of halogens is 2. The Balaban J connectivity index is 2.02. The number of thiophene rings is 2. The average Bonchev–Trinajstić information content (AvgIpc) is 3.19. The van der Waals surface area contributed by atoms with Crippen LogP contribution in [-0.2, 0) is 23.1 Å². The van der Waals surface area contributed by atoms with Gasteiger partial charge in [-0.05, 0) is 35.0 Å². The molecule has 0 unspecified atom stereocenters. The summed E-state index contributed by atoms with van der Waals surface area (Å²) in [5, 5.41) is 3.66. The van der Waals surface area contributed by atoms with E-state index in [9.17, 15) is 17.2 Å². The molecule has 2 aromatic heterocycles. The molecule has 0 spiro atoms. The summed E-state index contributed by atoms with van der Waals surface area (Å²) in [4.78, 5) is 0.692. The molecule has 0 aliphatic carbocycles. The van der Waals surface area contributed by atoms with Crippen molar-refractivity contribution in [3.8, 4) is 0 Å². The molecule has 1 aromatic carbocycles. The molecule has 0 aliphatic rings. The van der Waals surface area contributed by atoms with Gasteiger partial charge in [-0.3, -0.25) is 0 Å². The Morgan fingerprint density at radius 2 is 1.33 bits per heavy atom. The molecule has 3 nitrogen and oxygen atoms in total. The van der Waals surface area contributed by atoms with Gasteiger partial charge in [0.25, 0.3) is 0 Å². The number of sulfonamides is 1. The topological polar surface area (TPSA) is 37.4 Å². The van der Waals surface area contributed by atoms with Gasteiger partial charge < -0.3 is 0 Å². The Hall–Kier alpha value is -1.61. The monoisotopic (exact) mass is 385 g/mol. The molecule has 0 amide bonds. The maximum Gasteiger partial charge on any atom is 0.249 e. The number of hydrogen-bond acceptors (Lipinski definition) is 4. The predicted molar refractivity (Wildman–Crippen MR) is 91.4 cm³/mol. The zero-order valence-corrected chi connectivity index (χ0v) is 14.8. The fourth-order valence-corrected chi connectivity index (χ4v) is 5.34. The minimum absolute atomic E-state index is 0.0612. The summed E-state index contributed by atoms with van der Waals surface area (Å²) < 4.78 is 54.9. The molecule has 0 N–H and O–H groups in total. The summed E-state index contributed by atoms with van der Waals surface area (Å²) in [5.41, 5.74) is 0. The Bertz CT molecular complexity index is 850. The van der Waals surface area contributed by atoms with Crippen molar-refractivity contribution >= 4 is 32.7 Å². The lowest BCUT2D eigenvalue weighted by Crippen LogP contribution is -2.31. The van der Waals surface area contributed by atoms with Crippen molar-refractivity contribution < 1.29 is 17.2 Å². The third kappa shape index (κ3) is 3.56. The lowest BCUT2D eigenvalue weighted by atomic mass is 10.3. The number of benzene rings is 1. The van der Waals surface area contributed by atoms with E-state index in [2.05, 4.69) is 0 Å². The third-order valence-electron chi connectivity index (χ3n) is 3.34. The van der Waals surface area contributed by atoms with Crippen LogP contribution in [0.25, 0.3) is 0 Å². The summed E-state index contributed by atoms with van der Waals surface area (Å²) in [6.45, 7) is 0.122. The van der Waals surface area contributed by atoms with Crippen LogP contribution in [0.5, 0.6) is 0 Å². The molecule has 126 valence electrons. The first-order valence-corrected chi connectivity index (χ1v) is 10.2. The van der Waals surface area contributed by atoms with Crippen LogP contribution in [0.1, 0.15) is 9.75 Å². The van der Waals surface area contributed by atoms with Crippen molar-refractivity contribution in [1.82, 2.24) is 4.31 Å². The van der Waals surface area contributed by atoms with Crippen molar-refractivity contribution in [3.05, 3.63) is 74.6 Å². The second-order valence-electron chi connectivity index (χ2n) is 4.98. The molecule has 0 aliphatic heterocycles. The zero-order chi connectivity index (χ0) is 17.2.